The minimum Gasteiger partial charge on any atom is -0.330 e. The van der Waals surface area contributed by atoms with Gasteiger partial charge in [-0.05, 0) is 41.8 Å². The first-order chi connectivity index (χ1) is 11.4. The van der Waals surface area contributed by atoms with Gasteiger partial charge in [0, 0.05) is 29.7 Å². The van der Waals surface area contributed by atoms with Gasteiger partial charge in [0.15, 0.2) is 0 Å². The molecule has 0 N–H and O–H groups in total. The van der Waals surface area contributed by atoms with Crippen molar-refractivity contribution in [3.05, 3.63) is 29.8 Å². The van der Waals surface area contributed by atoms with Crippen LogP contribution >= 0.6 is 58.2 Å². The second-order valence-electron chi connectivity index (χ2n) is 5.66. The number of hydrogen-bond acceptors (Lipinski definition) is 2. The van der Waals surface area contributed by atoms with Crippen molar-refractivity contribution in [2.75, 3.05) is 24.8 Å². The highest BCUT2D eigenvalue weighted by Gasteiger charge is 2.21. The fraction of sp³-hybridized carbons (Fsp3) is 0.588. The van der Waals surface area contributed by atoms with Crippen LogP contribution in [0.4, 0.5) is 4.79 Å². The highest BCUT2D eigenvalue weighted by Crippen LogP contribution is 2.27. The molecular weight excluding hydrogens is 408 g/mol. The van der Waals surface area contributed by atoms with E-state index in [1.807, 2.05) is 12.1 Å². The molecule has 0 aliphatic heterocycles. The van der Waals surface area contributed by atoms with Crippen LogP contribution in [-0.2, 0) is 0 Å². The fourth-order valence-corrected chi connectivity index (χ4v) is 3.43. The van der Waals surface area contributed by atoms with Crippen LogP contribution in [0.3, 0.4) is 0 Å². The lowest BCUT2D eigenvalue weighted by Gasteiger charge is -2.25. The van der Waals surface area contributed by atoms with Gasteiger partial charge in [-0.3, -0.25) is 4.79 Å². The number of rotatable bonds is 9. The molecular formula is C17H23Cl4NOS. The molecule has 1 aromatic rings. The number of thioether (sulfide) groups is 1. The summed E-state index contributed by atoms with van der Waals surface area (Å²) < 4.78 is 0. The maximum Gasteiger partial charge on any atom is 0.286 e. The van der Waals surface area contributed by atoms with E-state index in [0.717, 1.165) is 11.3 Å². The summed E-state index contributed by atoms with van der Waals surface area (Å²) in [5, 5.41) is -0.730. The summed E-state index contributed by atoms with van der Waals surface area (Å²) >= 11 is 24.9. The van der Waals surface area contributed by atoms with Crippen LogP contribution in [0.2, 0.25) is 0 Å². The lowest BCUT2D eigenvalue weighted by molar-refractivity contribution is 0.224. The molecule has 0 radical (unpaired) electrons. The highest BCUT2D eigenvalue weighted by molar-refractivity contribution is 8.13. The topological polar surface area (TPSA) is 20.3 Å². The third-order valence-electron chi connectivity index (χ3n) is 3.67. The van der Waals surface area contributed by atoms with Crippen LogP contribution in [0.25, 0.3) is 0 Å². The second-order valence-corrected chi connectivity index (χ2v) is 8.53. The van der Waals surface area contributed by atoms with Gasteiger partial charge < -0.3 is 4.90 Å². The first kappa shape index (κ1) is 22.2. The number of hydrogen-bond donors (Lipinski definition) is 0. The summed E-state index contributed by atoms with van der Waals surface area (Å²) in [5.41, 5.74) is 1.23. The van der Waals surface area contributed by atoms with Crippen LogP contribution in [0.15, 0.2) is 29.2 Å². The van der Waals surface area contributed by atoms with Gasteiger partial charge in [0.25, 0.3) is 5.24 Å². The Morgan fingerprint density at radius 1 is 1.17 bits per heavy atom. The molecule has 1 amide bonds. The van der Waals surface area contributed by atoms with E-state index in [1.165, 1.54) is 17.3 Å². The molecule has 24 heavy (non-hydrogen) atoms. The molecule has 0 aliphatic rings. The Kier molecular flexibility index (Phi) is 10.9. The molecule has 7 heteroatoms. The van der Waals surface area contributed by atoms with Crippen molar-refractivity contribution < 1.29 is 4.79 Å². The van der Waals surface area contributed by atoms with Gasteiger partial charge in [-0.2, -0.15) is 0 Å². The van der Waals surface area contributed by atoms with Gasteiger partial charge in [0.05, 0.1) is 10.8 Å². The van der Waals surface area contributed by atoms with E-state index >= 15 is 0 Å². The predicted octanol–water partition coefficient (Wildman–Crippen LogP) is 6.41. The van der Waals surface area contributed by atoms with Crippen molar-refractivity contribution in [3.63, 3.8) is 0 Å². The molecule has 2 unspecified atom stereocenters. The zero-order chi connectivity index (χ0) is 18.1. The van der Waals surface area contributed by atoms with E-state index in [4.69, 9.17) is 46.4 Å². The molecule has 1 aromatic carbocycles. The Morgan fingerprint density at radius 2 is 1.75 bits per heavy atom. The van der Waals surface area contributed by atoms with Crippen LogP contribution in [0.1, 0.15) is 31.7 Å². The lowest BCUT2D eigenvalue weighted by atomic mass is 9.99. The van der Waals surface area contributed by atoms with Crippen LogP contribution in [0, 0.1) is 0 Å². The summed E-state index contributed by atoms with van der Waals surface area (Å²) in [5.74, 6) is 1.00. The number of carbonyl (C=O) groups is 1. The quantitative estimate of drug-likeness (QED) is 0.333. The van der Waals surface area contributed by atoms with Crippen molar-refractivity contribution >= 4 is 63.4 Å². The summed E-state index contributed by atoms with van der Waals surface area (Å²) in [4.78, 5) is 15.2. The lowest BCUT2D eigenvalue weighted by Crippen LogP contribution is -2.38. The summed E-state index contributed by atoms with van der Waals surface area (Å²) in [6, 6.07) is 8.07. The Balaban J connectivity index is 2.82. The van der Waals surface area contributed by atoms with Crippen LogP contribution in [-0.4, -0.2) is 45.7 Å². The first-order valence-electron chi connectivity index (χ1n) is 7.88. The summed E-state index contributed by atoms with van der Waals surface area (Å²) in [6.45, 7) is 5.02. The molecule has 0 fully saturated rings. The van der Waals surface area contributed by atoms with Gasteiger partial charge in [0.2, 0.25) is 0 Å². The maximum absolute atomic E-state index is 12.7. The fourth-order valence-electron chi connectivity index (χ4n) is 2.09. The zero-order valence-electron chi connectivity index (χ0n) is 13.9. The Hall–Kier alpha value is 0.200. The Bertz CT molecular complexity index is 505. The second kappa shape index (κ2) is 11.7. The van der Waals surface area contributed by atoms with E-state index in [0.29, 0.717) is 19.0 Å². The minimum atomic E-state index is -0.318. The SMILES string of the molecule is CC[C@H](C)c1cccc(SC(=O)N(CC(Cl)CCl)CC(Cl)CCl)c1. The molecule has 3 atom stereocenters. The standard InChI is InChI=1S/C17H23Cl4NOS/c1-3-12(2)13-5-4-6-16(7-13)24-17(23)22(10-14(20)8-18)11-15(21)9-19/h4-7,12,14-15H,3,8-11H2,1-2H3/t12-,14?,15?/m0/s1. The third-order valence-corrected chi connectivity index (χ3v) is 6.24. The van der Waals surface area contributed by atoms with Gasteiger partial charge in [0.1, 0.15) is 0 Å². The molecule has 0 saturated heterocycles. The van der Waals surface area contributed by atoms with Crippen molar-refractivity contribution in [1.82, 2.24) is 4.90 Å². The zero-order valence-corrected chi connectivity index (χ0v) is 17.7. The van der Waals surface area contributed by atoms with Crippen molar-refractivity contribution in [2.45, 2.75) is 41.8 Å². The molecule has 2 nitrogen and oxygen atoms in total. The van der Waals surface area contributed by atoms with Gasteiger partial charge in [-0.1, -0.05) is 26.0 Å². The number of benzene rings is 1. The third kappa shape index (κ3) is 7.61. The van der Waals surface area contributed by atoms with Gasteiger partial charge >= 0.3 is 0 Å². The van der Waals surface area contributed by atoms with E-state index in [2.05, 4.69) is 26.0 Å². The van der Waals surface area contributed by atoms with Crippen molar-refractivity contribution in [3.8, 4) is 0 Å². The molecule has 0 aliphatic carbocycles. The molecule has 0 bridgehead atoms. The average Bonchev–Trinajstić information content (AvgIpc) is 2.60. The molecule has 0 spiro atoms. The van der Waals surface area contributed by atoms with Gasteiger partial charge in [-0.25, -0.2) is 0 Å². The minimum absolute atomic E-state index is 0.0946. The molecule has 0 aromatic heterocycles. The van der Waals surface area contributed by atoms with Crippen LogP contribution in [0.5, 0.6) is 0 Å². The van der Waals surface area contributed by atoms with E-state index in [1.54, 1.807) is 4.90 Å². The summed E-state index contributed by atoms with van der Waals surface area (Å²) in [6.07, 6.45) is 1.06. The normalized spacial score (nSPS) is 14.9. The highest BCUT2D eigenvalue weighted by atomic mass is 35.5. The first-order valence-corrected chi connectivity index (χ1v) is 10.6. The number of halogens is 4. The molecule has 0 saturated carbocycles. The number of amides is 1. The number of carbonyl (C=O) groups excluding carboxylic acids is 1. The predicted molar refractivity (Wildman–Crippen MR) is 109 cm³/mol. The smallest absolute Gasteiger partial charge is 0.286 e. The van der Waals surface area contributed by atoms with E-state index < -0.39 is 0 Å². The summed E-state index contributed by atoms with van der Waals surface area (Å²) in [7, 11) is 0. The van der Waals surface area contributed by atoms with Crippen molar-refractivity contribution in [1.29, 1.82) is 0 Å². The number of nitrogens with zero attached hydrogens (tertiary/aromatic N) is 1. The van der Waals surface area contributed by atoms with E-state index in [-0.39, 0.29) is 27.8 Å². The number of alkyl halides is 4. The van der Waals surface area contributed by atoms with Crippen molar-refractivity contribution in [2.24, 2.45) is 0 Å². The maximum atomic E-state index is 12.7. The average molecular weight is 431 g/mol. The van der Waals surface area contributed by atoms with E-state index in [9.17, 15) is 4.79 Å². The Labute approximate surface area is 169 Å². The largest absolute Gasteiger partial charge is 0.330 e. The molecule has 1 rings (SSSR count). The Morgan fingerprint density at radius 3 is 2.25 bits per heavy atom. The van der Waals surface area contributed by atoms with Gasteiger partial charge in [-0.15, -0.1) is 46.4 Å². The monoisotopic (exact) mass is 429 g/mol. The molecule has 136 valence electrons. The van der Waals surface area contributed by atoms with Crippen LogP contribution < -0.4 is 0 Å². The molecule has 0 heterocycles.